The number of hydrogen-bond acceptors (Lipinski definition) is 3. The average Bonchev–Trinajstić information content (AvgIpc) is 2.57. The first-order chi connectivity index (χ1) is 11.1. The van der Waals surface area contributed by atoms with E-state index in [9.17, 15) is 4.79 Å². The maximum atomic E-state index is 12.5. The Morgan fingerprint density at radius 2 is 1.52 bits per heavy atom. The van der Waals surface area contributed by atoms with Crippen LogP contribution in [0, 0.1) is 0 Å². The fourth-order valence-corrected chi connectivity index (χ4v) is 2.49. The number of nitrogens with one attached hydrogen (secondary N) is 1. The van der Waals surface area contributed by atoms with Gasteiger partial charge in [0.25, 0.3) is 0 Å². The maximum Gasteiger partial charge on any atom is 0.194 e. The summed E-state index contributed by atoms with van der Waals surface area (Å²) in [5.74, 6) is -0.0959. The Balaban J connectivity index is 1.81. The quantitative estimate of drug-likeness (QED) is 0.530. The standard InChI is InChI=1S/C19H15ClN2O/c20-16-6-2-1-5-15(16)19(23)13-9-11-14(12-10-13)22-18-8-4-3-7-17(18)21/h1-12,22H,21H2. The Morgan fingerprint density at radius 1 is 0.870 bits per heavy atom. The highest BCUT2D eigenvalue weighted by atomic mass is 35.5. The second kappa shape index (κ2) is 6.55. The first-order valence-corrected chi connectivity index (χ1v) is 7.54. The molecule has 3 aromatic rings. The minimum absolute atomic E-state index is 0.0959. The van der Waals surface area contributed by atoms with E-state index in [0.29, 0.717) is 21.8 Å². The molecule has 0 aliphatic carbocycles. The smallest absolute Gasteiger partial charge is 0.194 e. The van der Waals surface area contributed by atoms with Crippen molar-refractivity contribution in [1.82, 2.24) is 0 Å². The molecule has 0 aliphatic rings. The third kappa shape index (κ3) is 3.35. The predicted octanol–water partition coefficient (Wildman–Crippen LogP) is 4.90. The molecule has 114 valence electrons. The number of nitrogens with two attached hydrogens (primary N) is 1. The van der Waals surface area contributed by atoms with E-state index in [4.69, 9.17) is 17.3 Å². The van der Waals surface area contributed by atoms with Gasteiger partial charge in [-0.3, -0.25) is 4.79 Å². The van der Waals surface area contributed by atoms with Gasteiger partial charge in [-0.1, -0.05) is 35.9 Å². The summed E-state index contributed by atoms with van der Waals surface area (Å²) in [5, 5.41) is 3.68. The van der Waals surface area contributed by atoms with Crippen molar-refractivity contribution in [3.63, 3.8) is 0 Å². The number of benzene rings is 3. The lowest BCUT2D eigenvalue weighted by atomic mass is 10.0. The normalized spacial score (nSPS) is 10.3. The molecule has 0 spiro atoms. The Morgan fingerprint density at radius 3 is 2.22 bits per heavy atom. The van der Waals surface area contributed by atoms with E-state index in [1.807, 2.05) is 36.4 Å². The van der Waals surface area contributed by atoms with Crippen molar-refractivity contribution in [2.45, 2.75) is 0 Å². The van der Waals surface area contributed by atoms with Gasteiger partial charge in [0.05, 0.1) is 16.4 Å². The van der Waals surface area contributed by atoms with Crippen molar-refractivity contribution in [3.8, 4) is 0 Å². The predicted molar refractivity (Wildman–Crippen MR) is 95.5 cm³/mol. The van der Waals surface area contributed by atoms with Crippen LogP contribution in [0.2, 0.25) is 5.02 Å². The molecule has 0 saturated heterocycles. The molecule has 3 aromatic carbocycles. The molecule has 0 unspecified atom stereocenters. The van der Waals surface area contributed by atoms with E-state index in [-0.39, 0.29) is 5.78 Å². The third-order valence-corrected chi connectivity index (χ3v) is 3.83. The molecule has 3 N–H and O–H groups in total. The molecule has 0 amide bonds. The number of ketones is 1. The van der Waals surface area contributed by atoms with Crippen LogP contribution in [0.25, 0.3) is 0 Å². The van der Waals surface area contributed by atoms with Crippen LogP contribution < -0.4 is 11.1 Å². The van der Waals surface area contributed by atoms with E-state index in [0.717, 1.165) is 11.4 Å². The zero-order valence-electron chi connectivity index (χ0n) is 12.3. The first kappa shape index (κ1) is 15.1. The summed E-state index contributed by atoms with van der Waals surface area (Å²) < 4.78 is 0. The Labute approximate surface area is 139 Å². The molecule has 0 saturated carbocycles. The number of halogens is 1. The van der Waals surface area contributed by atoms with Crippen molar-refractivity contribution in [1.29, 1.82) is 0 Å². The Bertz CT molecular complexity index is 844. The van der Waals surface area contributed by atoms with E-state index in [1.165, 1.54) is 0 Å². The van der Waals surface area contributed by atoms with Gasteiger partial charge in [0, 0.05) is 16.8 Å². The van der Waals surface area contributed by atoms with Gasteiger partial charge in [-0.15, -0.1) is 0 Å². The first-order valence-electron chi connectivity index (χ1n) is 7.16. The molecule has 3 rings (SSSR count). The Kier molecular flexibility index (Phi) is 4.31. The molecular weight excluding hydrogens is 308 g/mol. The molecular formula is C19H15ClN2O. The van der Waals surface area contributed by atoms with Crippen LogP contribution in [0.3, 0.4) is 0 Å². The summed E-state index contributed by atoms with van der Waals surface area (Å²) >= 11 is 6.08. The van der Waals surface area contributed by atoms with E-state index < -0.39 is 0 Å². The molecule has 0 radical (unpaired) electrons. The van der Waals surface area contributed by atoms with Crippen LogP contribution in [0.1, 0.15) is 15.9 Å². The lowest BCUT2D eigenvalue weighted by Gasteiger charge is -2.10. The highest BCUT2D eigenvalue weighted by molar-refractivity contribution is 6.35. The van der Waals surface area contributed by atoms with Crippen molar-refractivity contribution >= 4 is 34.4 Å². The summed E-state index contributed by atoms with van der Waals surface area (Å²) in [6.45, 7) is 0. The number of carbonyl (C=O) groups is 1. The summed E-state index contributed by atoms with van der Waals surface area (Å²) in [7, 11) is 0. The van der Waals surface area contributed by atoms with Crippen LogP contribution in [-0.4, -0.2) is 5.78 Å². The van der Waals surface area contributed by atoms with Crippen LogP contribution in [-0.2, 0) is 0 Å². The monoisotopic (exact) mass is 322 g/mol. The summed E-state index contributed by atoms with van der Waals surface area (Å²) in [6, 6.07) is 21.8. The molecule has 0 aliphatic heterocycles. The minimum atomic E-state index is -0.0959. The summed E-state index contributed by atoms with van der Waals surface area (Å²) in [5.41, 5.74) is 9.36. The van der Waals surface area contributed by atoms with Crippen molar-refractivity contribution < 1.29 is 4.79 Å². The molecule has 23 heavy (non-hydrogen) atoms. The van der Waals surface area contributed by atoms with Gasteiger partial charge >= 0.3 is 0 Å². The maximum absolute atomic E-state index is 12.5. The van der Waals surface area contributed by atoms with E-state index in [1.54, 1.807) is 36.4 Å². The van der Waals surface area contributed by atoms with Crippen LogP contribution >= 0.6 is 11.6 Å². The van der Waals surface area contributed by atoms with Crippen molar-refractivity contribution in [2.24, 2.45) is 0 Å². The fourth-order valence-electron chi connectivity index (χ4n) is 2.27. The zero-order chi connectivity index (χ0) is 16.2. The van der Waals surface area contributed by atoms with Gasteiger partial charge in [-0.2, -0.15) is 0 Å². The van der Waals surface area contributed by atoms with Crippen molar-refractivity contribution in [3.05, 3.63) is 88.9 Å². The molecule has 0 bridgehead atoms. The van der Waals surface area contributed by atoms with Crippen LogP contribution in [0.5, 0.6) is 0 Å². The lowest BCUT2D eigenvalue weighted by Crippen LogP contribution is -2.02. The van der Waals surface area contributed by atoms with Gasteiger partial charge in [0.2, 0.25) is 0 Å². The molecule has 0 atom stereocenters. The van der Waals surface area contributed by atoms with Crippen LogP contribution in [0.4, 0.5) is 17.1 Å². The molecule has 0 aromatic heterocycles. The SMILES string of the molecule is Nc1ccccc1Nc1ccc(C(=O)c2ccccc2Cl)cc1. The largest absolute Gasteiger partial charge is 0.397 e. The van der Waals surface area contributed by atoms with Gasteiger partial charge < -0.3 is 11.1 Å². The molecule has 0 fully saturated rings. The summed E-state index contributed by atoms with van der Waals surface area (Å²) in [4.78, 5) is 12.5. The second-order valence-corrected chi connectivity index (χ2v) is 5.51. The Hall–Kier alpha value is -2.78. The van der Waals surface area contributed by atoms with Crippen LogP contribution in [0.15, 0.2) is 72.8 Å². The van der Waals surface area contributed by atoms with E-state index >= 15 is 0 Å². The van der Waals surface area contributed by atoms with Gasteiger partial charge in [-0.05, 0) is 48.5 Å². The number of nitrogen functional groups attached to an aromatic ring is 1. The zero-order valence-corrected chi connectivity index (χ0v) is 13.0. The fraction of sp³-hybridized carbons (Fsp3) is 0. The van der Waals surface area contributed by atoms with Crippen molar-refractivity contribution in [2.75, 3.05) is 11.1 Å². The summed E-state index contributed by atoms with van der Waals surface area (Å²) in [6.07, 6.45) is 0. The second-order valence-electron chi connectivity index (χ2n) is 5.10. The number of carbonyl (C=O) groups excluding carboxylic acids is 1. The third-order valence-electron chi connectivity index (χ3n) is 3.51. The number of anilines is 3. The van der Waals surface area contributed by atoms with Gasteiger partial charge in [0.1, 0.15) is 0 Å². The lowest BCUT2D eigenvalue weighted by molar-refractivity contribution is 0.103. The number of rotatable bonds is 4. The molecule has 3 nitrogen and oxygen atoms in total. The number of hydrogen-bond donors (Lipinski definition) is 2. The number of para-hydroxylation sites is 2. The van der Waals surface area contributed by atoms with E-state index in [2.05, 4.69) is 5.32 Å². The molecule has 0 heterocycles. The highest BCUT2D eigenvalue weighted by Gasteiger charge is 2.12. The van der Waals surface area contributed by atoms with Gasteiger partial charge in [-0.25, -0.2) is 0 Å². The highest BCUT2D eigenvalue weighted by Crippen LogP contribution is 2.24. The topological polar surface area (TPSA) is 55.1 Å². The van der Waals surface area contributed by atoms with Gasteiger partial charge in [0.15, 0.2) is 5.78 Å². The minimum Gasteiger partial charge on any atom is -0.397 e. The average molecular weight is 323 g/mol. The molecule has 4 heteroatoms.